The van der Waals surface area contributed by atoms with Crippen LogP contribution in [0.25, 0.3) is 10.7 Å². The second-order valence-corrected chi connectivity index (χ2v) is 7.00. The number of thioether (sulfide) groups is 1. The number of carbonyl (C=O) groups excluding carboxylic acids is 1. The Morgan fingerprint density at radius 1 is 1.27 bits per heavy atom. The maximum atomic E-state index is 12.7. The number of anilines is 1. The quantitative estimate of drug-likeness (QED) is 0.302. The van der Waals surface area contributed by atoms with E-state index in [0.717, 1.165) is 4.88 Å². The smallest absolute Gasteiger partial charge is 0.271 e. The van der Waals surface area contributed by atoms with Crippen molar-refractivity contribution in [2.45, 2.75) is 11.9 Å². The van der Waals surface area contributed by atoms with Crippen LogP contribution in [0.2, 0.25) is 0 Å². The molecule has 9 heteroatoms. The van der Waals surface area contributed by atoms with Crippen molar-refractivity contribution >= 4 is 40.4 Å². The van der Waals surface area contributed by atoms with Crippen LogP contribution in [-0.4, -0.2) is 27.1 Å². The van der Waals surface area contributed by atoms with Gasteiger partial charge >= 0.3 is 0 Å². The zero-order valence-corrected chi connectivity index (χ0v) is 15.6. The van der Waals surface area contributed by atoms with Gasteiger partial charge in [0.1, 0.15) is 5.03 Å². The first-order valence-electron chi connectivity index (χ1n) is 7.52. The number of hydrogen-bond donors (Lipinski definition) is 1. The van der Waals surface area contributed by atoms with Crippen LogP contribution in [0.1, 0.15) is 16.1 Å². The third-order valence-corrected chi connectivity index (χ3v) is 5.08. The summed E-state index contributed by atoms with van der Waals surface area (Å²) in [6.07, 6.45) is 1.84. The van der Waals surface area contributed by atoms with Crippen molar-refractivity contribution in [1.29, 1.82) is 0 Å². The predicted octanol–water partition coefficient (Wildman–Crippen LogP) is 4.40. The van der Waals surface area contributed by atoms with E-state index in [2.05, 4.69) is 15.3 Å². The van der Waals surface area contributed by atoms with Gasteiger partial charge in [0.15, 0.2) is 5.82 Å². The van der Waals surface area contributed by atoms with Crippen LogP contribution in [0.4, 0.5) is 11.4 Å². The SMILES string of the molecule is CSc1nc(-c2cccs2)nc(C)c1C(=O)Nc1cccc([N+](=O)[O-])c1. The Morgan fingerprint density at radius 3 is 2.73 bits per heavy atom. The van der Waals surface area contributed by atoms with Crippen LogP contribution in [0.5, 0.6) is 0 Å². The van der Waals surface area contributed by atoms with Crippen LogP contribution < -0.4 is 5.32 Å². The molecule has 0 atom stereocenters. The number of amides is 1. The number of nitrogens with zero attached hydrogens (tertiary/aromatic N) is 3. The van der Waals surface area contributed by atoms with Crippen LogP contribution in [0, 0.1) is 17.0 Å². The van der Waals surface area contributed by atoms with Gasteiger partial charge in [0, 0.05) is 17.8 Å². The van der Waals surface area contributed by atoms with Gasteiger partial charge in [-0.25, -0.2) is 9.97 Å². The third kappa shape index (κ3) is 3.73. The Hall–Kier alpha value is -2.78. The van der Waals surface area contributed by atoms with E-state index in [0.29, 0.717) is 27.8 Å². The zero-order valence-electron chi connectivity index (χ0n) is 13.9. The largest absolute Gasteiger partial charge is 0.322 e. The molecular weight excluding hydrogens is 372 g/mol. The van der Waals surface area contributed by atoms with E-state index in [1.165, 1.54) is 41.3 Å². The number of aryl methyl sites for hydroxylation is 1. The number of nitro groups is 1. The number of benzene rings is 1. The zero-order chi connectivity index (χ0) is 18.7. The molecule has 26 heavy (non-hydrogen) atoms. The standard InChI is InChI=1S/C17H14N4O3S2/c1-10-14(16(22)19-11-5-3-6-12(9-11)21(23)24)17(25-2)20-15(18-10)13-7-4-8-26-13/h3-9H,1-2H3,(H,19,22). The molecule has 7 nitrogen and oxygen atoms in total. The van der Waals surface area contributed by atoms with E-state index in [1.54, 1.807) is 13.0 Å². The Labute approximate surface area is 157 Å². The van der Waals surface area contributed by atoms with Crippen LogP contribution in [-0.2, 0) is 0 Å². The van der Waals surface area contributed by atoms with E-state index in [-0.39, 0.29) is 5.69 Å². The molecular formula is C17H14N4O3S2. The van der Waals surface area contributed by atoms with Crippen molar-refractivity contribution in [3.63, 3.8) is 0 Å². The summed E-state index contributed by atoms with van der Waals surface area (Å²) in [5, 5.41) is 16.1. The second-order valence-electron chi connectivity index (χ2n) is 5.26. The molecule has 3 rings (SSSR count). The minimum atomic E-state index is -0.507. The number of aromatic nitrogens is 2. The first-order chi connectivity index (χ1) is 12.5. The van der Waals surface area contributed by atoms with E-state index >= 15 is 0 Å². The van der Waals surface area contributed by atoms with E-state index in [1.807, 2.05) is 23.8 Å². The first-order valence-corrected chi connectivity index (χ1v) is 9.62. The summed E-state index contributed by atoms with van der Waals surface area (Å²) < 4.78 is 0. The molecule has 0 unspecified atom stereocenters. The molecule has 132 valence electrons. The molecule has 0 saturated heterocycles. The normalized spacial score (nSPS) is 10.5. The van der Waals surface area contributed by atoms with Crippen molar-refractivity contribution < 1.29 is 9.72 Å². The van der Waals surface area contributed by atoms with Gasteiger partial charge in [-0.15, -0.1) is 23.1 Å². The average molecular weight is 386 g/mol. The number of thiophene rings is 1. The van der Waals surface area contributed by atoms with Gasteiger partial charge < -0.3 is 5.32 Å². The van der Waals surface area contributed by atoms with Gasteiger partial charge in [-0.05, 0) is 30.7 Å². The minimum absolute atomic E-state index is 0.0890. The summed E-state index contributed by atoms with van der Waals surface area (Å²) in [6, 6.07) is 9.64. The van der Waals surface area contributed by atoms with Crippen LogP contribution >= 0.6 is 23.1 Å². The highest BCUT2D eigenvalue weighted by atomic mass is 32.2. The van der Waals surface area contributed by atoms with Gasteiger partial charge in [-0.1, -0.05) is 12.1 Å². The summed E-state index contributed by atoms with van der Waals surface area (Å²) in [5.41, 5.74) is 1.17. The fourth-order valence-corrected chi connectivity index (χ4v) is 3.64. The van der Waals surface area contributed by atoms with Crippen LogP contribution in [0.15, 0.2) is 46.8 Å². The maximum Gasteiger partial charge on any atom is 0.271 e. The summed E-state index contributed by atoms with van der Waals surface area (Å²) in [5.74, 6) is 0.179. The molecule has 1 aromatic carbocycles. The first kappa shape index (κ1) is 18.0. The molecule has 0 aliphatic carbocycles. The molecule has 0 radical (unpaired) electrons. The lowest BCUT2D eigenvalue weighted by molar-refractivity contribution is -0.384. The monoisotopic (exact) mass is 386 g/mol. The molecule has 1 N–H and O–H groups in total. The maximum absolute atomic E-state index is 12.7. The minimum Gasteiger partial charge on any atom is -0.322 e. The highest BCUT2D eigenvalue weighted by molar-refractivity contribution is 7.98. The predicted molar refractivity (Wildman–Crippen MR) is 103 cm³/mol. The number of rotatable bonds is 5. The number of non-ortho nitro benzene ring substituents is 1. The second kappa shape index (κ2) is 7.63. The van der Waals surface area contributed by atoms with Gasteiger partial charge in [-0.3, -0.25) is 14.9 Å². The number of carbonyl (C=O) groups is 1. The molecule has 2 aromatic heterocycles. The Bertz CT molecular complexity index is 974. The lowest BCUT2D eigenvalue weighted by atomic mass is 10.2. The van der Waals surface area contributed by atoms with Crippen molar-refractivity contribution in [2.75, 3.05) is 11.6 Å². The van der Waals surface area contributed by atoms with Crippen molar-refractivity contribution in [3.8, 4) is 10.7 Å². The molecule has 0 fully saturated rings. The Kier molecular flexibility index (Phi) is 5.29. The van der Waals surface area contributed by atoms with Gasteiger partial charge in [-0.2, -0.15) is 0 Å². The van der Waals surface area contributed by atoms with E-state index in [9.17, 15) is 14.9 Å². The highest BCUT2D eigenvalue weighted by Crippen LogP contribution is 2.28. The molecule has 0 aliphatic rings. The van der Waals surface area contributed by atoms with Crippen LogP contribution in [0.3, 0.4) is 0 Å². The van der Waals surface area contributed by atoms with Gasteiger partial charge in [0.25, 0.3) is 11.6 Å². The molecule has 0 saturated carbocycles. The molecule has 2 heterocycles. The summed E-state index contributed by atoms with van der Waals surface area (Å²) in [4.78, 5) is 33.0. The van der Waals surface area contributed by atoms with E-state index < -0.39 is 10.8 Å². The fourth-order valence-electron chi connectivity index (χ4n) is 2.36. The Balaban J connectivity index is 1.94. The number of nitro benzene ring substituents is 1. The van der Waals surface area contributed by atoms with Crippen molar-refractivity contribution in [1.82, 2.24) is 9.97 Å². The third-order valence-electron chi connectivity index (χ3n) is 3.53. The number of nitrogens with one attached hydrogen (secondary N) is 1. The van der Waals surface area contributed by atoms with Crippen molar-refractivity contribution in [2.24, 2.45) is 0 Å². The number of hydrogen-bond acceptors (Lipinski definition) is 7. The lowest BCUT2D eigenvalue weighted by Gasteiger charge is -2.12. The fraction of sp³-hybridized carbons (Fsp3) is 0.118. The Morgan fingerprint density at radius 2 is 2.08 bits per heavy atom. The molecule has 0 bridgehead atoms. The van der Waals surface area contributed by atoms with E-state index in [4.69, 9.17) is 0 Å². The van der Waals surface area contributed by atoms with Gasteiger partial charge in [0.05, 0.1) is 21.1 Å². The summed E-state index contributed by atoms with van der Waals surface area (Å²) in [6.45, 7) is 1.75. The summed E-state index contributed by atoms with van der Waals surface area (Å²) >= 11 is 2.88. The highest BCUT2D eigenvalue weighted by Gasteiger charge is 2.20. The molecule has 1 amide bonds. The molecule has 3 aromatic rings. The topological polar surface area (TPSA) is 98.0 Å². The molecule has 0 aliphatic heterocycles. The van der Waals surface area contributed by atoms with Crippen molar-refractivity contribution in [3.05, 3.63) is 63.1 Å². The molecule has 0 spiro atoms. The van der Waals surface area contributed by atoms with Gasteiger partial charge in [0.2, 0.25) is 0 Å². The average Bonchev–Trinajstić information content (AvgIpc) is 3.15. The lowest BCUT2D eigenvalue weighted by Crippen LogP contribution is -2.17. The summed E-state index contributed by atoms with van der Waals surface area (Å²) in [7, 11) is 0.